The summed E-state index contributed by atoms with van der Waals surface area (Å²) in [6.45, 7) is 1.27. The van der Waals surface area contributed by atoms with Crippen LogP contribution in [0, 0.1) is 8.99 Å². The molecular weight excluding hydrogens is 515 g/mol. The topological polar surface area (TPSA) is 88.3 Å². The lowest BCUT2D eigenvalue weighted by Crippen LogP contribution is -2.66. The first-order valence-electron chi connectivity index (χ1n) is 10.1. The highest BCUT2D eigenvalue weighted by atomic mass is 127. The van der Waals surface area contributed by atoms with Crippen LogP contribution in [0.15, 0.2) is 42.7 Å². The Morgan fingerprint density at radius 2 is 2.17 bits per heavy atom. The van der Waals surface area contributed by atoms with Crippen molar-refractivity contribution in [2.24, 2.45) is 11.1 Å². The van der Waals surface area contributed by atoms with Crippen LogP contribution in [0.25, 0.3) is 0 Å². The number of amides is 2. The number of nitrogens with zero attached hydrogens (tertiary/aromatic N) is 2. The van der Waals surface area contributed by atoms with Gasteiger partial charge in [-0.15, -0.1) is 0 Å². The minimum absolute atomic E-state index is 0.0394. The summed E-state index contributed by atoms with van der Waals surface area (Å²) in [5.41, 5.74) is 7.55. The van der Waals surface area contributed by atoms with Crippen molar-refractivity contribution in [1.29, 1.82) is 0 Å². The van der Waals surface area contributed by atoms with E-state index in [0.29, 0.717) is 30.1 Å². The van der Waals surface area contributed by atoms with E-state index in [1.54, 1.807) is 24.5 Å². The Bertz CT molecular complexity index is 949. The van der Waals surface area contributed by atoms with Crippen molar-refractivity contribution >= 4 is 46.0 Å². The molecule has 2 fully saturated rings. The maximum Gasteiger partial charge on any atom is 0.253 e. The van der Waals surface area contributed by atoms with Gasteiger partial charge in [-0.25, -0.2) is 0 Å². The Kier molecular flexibility index (Phi) is 6.31. The van der Waals surface area contributed by atoms with Crippen LogP contribution in [0.1, 0.15) is 35.2 Å². The van der Waals surface area contributed by atoms with Crippen molar-refractivity contribution in [2.45, 2.75) is 37.8 Å². The van der Waals surface area contributed by atoms with E-state index in [-0.39, 0.29) is 23.3 Å². The quantitative estimate of drug-likeness (QED) is 0.573. The third kappa shape index (κ3) is 4.33. The highest BCUT2D eigenvalue weighted by Crippen LogP contribution is 2.46. The first-order valence-corrected chi connectivity index (χ1v) is 11.5. The molecule has 1 aliphatic carbocycles. The predicted octanol–water partition coefficient (Wildman–Crippen LogP) is 3.02. The second kappa shape index (κ2) is 8.80. The van der Waals surface area contributed by atoms with E-state index < -0.39 is 6.04 Å². The molecule has 158 valence electrons. The van der Waals surface area contributed by atoms with E-state index in [1.807, 2.05) is 23.1 Å². The van der Waals surface area contributed by atoms with Crippen molar-refractivity contribution in [3.05, 3.63) is 62.4 Å². The second-order valence-corrected chi connectivity index (χ2v) is 9.92. The number of pyridine rings is 1. The van der Waals surface area contributed by atoms with Gasteiger partial charge in [0, 0.05) is 40.5 Å². The number of hydrogen-bond acceptors (Lipinski definition) is 4. The minimum Gasteiger partial charge on any atom is -0.349 e. The van der Waals surface area contributed by atoms with Crippen molar-refractivity contribution in [1.82, 2.24) is 15.2 Å². The first kappa shape index (κ1) is 21.5. The molecule has 6 nitrogen and oxygen atoms in total. The molecule has 2 heterocycles. The molecule has 1 spiro atoms. The zero-order valence-corrected chi connectivity index (χ0v) is 19.4. The van der Waals surface area contributed by atoms with Crippen LogP contribution < -0.4 is 11.1 Å². The van der Waals surface area contributed by atoms with E-state index >= 15 is 0 Å². The lowest BCUT2D eigenvalue weighted by molar-refractivity contribution is -0.145. The van der Waals surface area contributed by atoms with Gasteiger partial charge in [0.2, 0.25) is 5.91 Å². The smallest absolute Gasteiger partial charge is 0.253 e. The molecule has 8 heteroatoms. The largest absolute Gasteiger partial charge is 0.349 e. The Labute approximate surface area is 194 Å². The number of carbonyl (C=O) groups is 2. The van der Waals surface area contributed by atoms with E-state index in [0.717, 1.165) is 28.4 Å². The van der Waals surface area contributed by atoms with Crippen molar-refractivity contribution in [3.8, 4) is 0 Å². The van der Waals surface area contributed by atoms with Gasteiger partial charge in [0.1, 0.15) is 0 Å². The number of benzene rings is 1. The van der Waals surface area contributed by atoms with Gasteiger partial charge in [-0.3, -0.25) is 14.6 Å². The van der Waals surface area contributed by atoms with E-state index in [2.05, 4.69) is 32.9 Å². The highest BCUT2D eigenvalue weighted by Gasteiger charge is 2.53. The van der Waals surface area contributed by atoms with Gasteiger partial charge in [-0.1, -0.05) is 24.1 Å². The van der Waals surface area contributed by atoms with Gasteiger partial charge in [-0.05, 0) is 71.7 Å². The van der Waals surface area contributed by atoms with Crippen LogP contribution in [-0.4, -0.2) is 46.9 Å². The molecule has 2 amide bonds. The lowest BCUT2D eigenvalue weighted by atomic mass is 9.74. The number of likely N-dealkylation sites (tertiary alicyclic amines) is 1. The average molecular weight is 539 g/mol. The highest BCUT2D eigenvalue weighted by molar-refractivity contribution is 14.1. The number of halogens is 2. The summed E-state index contributed by atoms with van der Waals surface area (Å²) in [7, 11) is 0. The zero-order valence-electron chi connectivity index (χ0n) is 16.5. The monoisotopic (exact) mass is 538 g/mol. The number of nitrogens with one attached hydrogen (secondary N) is 1. The number of rotatable bonds is 5. The summed E-state index contributed by atoms with van der Waals surface area (Å²) in [5.74, 6) is -0.190. The van der Waals surface area contributed by atoms with Gasteiger partial charge in [0.05, 0.1) is 16.6 Å². The molecule has 2 aliphatic rings. The maximum atomic E-state index is 12.8. The Morgan fingerprint density at radius 1 is 1.37 bits per heavy atom. The molecular formula is C22H24ClIN4O2. The molecule has 1 unspecified atom stereocenters. The normalized spacial score (nSPS) is 20.6. The number of nitrogens with two attached hydrogens (primary N) is 1. The van der Waals surface area contributed by atoms with Gasteiger partial charge < -0.3 is 16.0 Å². The molecule has 1 aliphatic heterocycles. The van der Waals surface area contributed by atoms with E-state index in [1.165, 1.54) is 0 Å². The Balaban J connectivity index is 1.37. The fourth-order valence-electron chi connectivity index (χ4n) is 4.61. The predicted molar refractivity (Wildman–Crippen MR) is 124 cm³/mol. The van der Waals surface area contributed by atoms with Crippen molar-refractivity contribution in [2.75, 3.05) is 13.1 Å². The summed E-state index contributed by atoms with van der Waals surface area (Å²) >= 11 is 8.40. The maximum absolute atomic E-state index is 12.8. The van der Waals surface area contributed by atoms with Gasteiger partial charge in [0.25, 0.3) is 5.91 Å². The number of aromatic nitrogens is 1. The lowest BCUT2D eigenvalue weighted by Gasteiger charge is -2.52. The molecule has 4 rings (SSSR count). The van der Waals surface area contributed by atoms with Gasteiger partial charge in [0.15, 0.2) is 0 Å². The molecule has 1 saturated carbocycles. The van der Waals surface area contributed by atoms with Crippen LogP contribution in [0.5, 0.6) is 0 Å². The zero-order chi connectivity index (χ0) is 21.3. The number of hydrogen-bond donors (Lipinski definition) is 2. The minimum atomic E-state index is -0.578. The molecule has 0 bridgehead atoms. The molecule has 2 atom stereocenters. The van der Waals surface area contributed by atoms with Crippen LogP contribution in [-0.2, 0) is 11.2 Å². The second-order valence-electron chi connectivity index (χ2n) is 8.27. The van der Waals surface area contributed by atoms with E-state index in [4.69, 9.17) is 17.3 Å². The van der Waals surface area contributed by atoms with Crippen LogP contribution in [0.4, 0.5) is 0 Å². The molecule has 30 heavy (non-hydrogen) atoms. The van der Waals surface area contributed by atoms with Crippen LogP contribution in [0.2, 0.25) is 5.02 Å². The van der Waals surface area contributed by atoms with Crippen molar-refractivity contribution < 1.29 is 9.59 Å². The summed E-state index contributed by atoms with van der Waals surface area (Å²) < 4.78 is 0.964. The Morgan fingerprint density at radius 3 is 2.90 bits per heavy atom. The molecule has 1 aromatic carbocycles. The molecule has 1 aromatic heterocycles. The molecule has 0 radical (unpaired) electrons. The summed E-state index contributed by atoms with van der Waals surface area (Å²) in [6, 6.07) is 8.65. The van der Waals surface area contributed by atoms with E-state index in [9.17, 15) is 9.59 Å². The first-order chi connectivity index (χ1) is 14.4. The standard InChI is InChI=1S/C22H24ClIN4O2/c23-17-6-5-15(24)10-16(17)20(29)27-19-4-1-7-22(19)12-28(13-22)21(30)18(25)9-14-3-2-8-26-11-14/h2-3,5-6,8,10-11,18-19H,1,4,7,9,12-13,25H2,(H,27,29)/t18-,19?/m0/s1. The molecule has 2 aromatic rings. The van der Waals surface area contributed by atoms with Crippen LogP contribution >= 0.6 is 34.2 Å². The summed E-state index contributed by atoms with van der Waals surface area (Å²) in [6.07, 6.45) is 6.87. The Hall–Kier alpha value is -1.71. The third-order valence-corrected chi connectivity index (χ3v) is 7.20. The van der Waals surface area contributed by atoms with Gasteiger partial charge in [-0.2, -0.15) is 0 Å². The third-order valence-electron chi connectivity index (χ3n) is 6.20. The summed E-state index contributed by atoms with van der Waals surface area (Å²) in [5, 5.41) is 3.63. The summed E-state index contributed by atoms with van der Waals surface area (Å²) in [4.78, 5) is 31.5. The SMILES string of the molecule is N[C@@H](Cc1cccnc1)C(=O)N1CC2(CCCC2NC(=O)c2cc(I)ccc2Cl)C1. The van der Waals surface area contributed by atoms with Crippen molar-refractivity contribution in [3.63, 3.8) is 0 Å². The number of carbonyl (C=O) groups excluding carboxylic acids is 2. The van der Waals surface area contributed by atoms with Crippen LogP contribution in [0.3, 0.4) is 0 Å². The molecule has 1 saturated heterocycles. The average Bonchev–Trinajstić information content (AvgIpc) is 3.12. The fourth-order valence-corrected chi connectivity index (χ4v) is 5.31. The van der Waals surface area contributed by atoms with Gasteiger partial charge >= 0.3 is 0 Å². The molecule has 3 N–H and O–H groups in total. The fraction of sp³-hybridized carbons (Fsp3) is 0.409.